The number of hydrogen-bond acceptors (Lipinski definition) is 2. The van der Waals surface area contributed by atoms with Crippen molar-refractivity contribution in [2.45, 2.75) is 45.6 Å². The van der Waals surface area contributed by atoms with Gasteiger partial charge in [-0.05, 0) is 37.3 Å². The minimum Gasteiger partial charge on any atom is -0.382 e. The van der Waals surface area contributed by atoms with E-state index in [1.807, 2.05) is 19.1 Å². The average molecular weight is 267 g/mol. The number of benzene rings is 1. The molecule has 1 unspecified atom stereocenters. The van der Waals surface area contributed by atoms with Gasteiger partial charge in [-0.1, -0.05) is 32.0 Å². The first-order valence-electron chi connectivity index (χ1n) is 7.20. The summed E-state index contributed by atoms with van der Waals surface area (Å²) in [5.41, 5.74) is 0.812. The lowest BCUT2D eigenvalue weighted by Crippen LogP contribution is -2.28. The molecule has 0 saturated carbocycles. The van der Waals surface area contributed by atoms with Crippen molar-refractivity contribution in [2.75, 3.05) is 19.8 Å². The predicted octanol–water partition coefficient (Wildman–Crippen LogP) is 3.72. The van der Waals surface area contributed by atoms with Crippen molar-refractivity contribution in [3.05, 3.63) is 35.6 Å². The Kier molecular flexibility index (Phi) is 7.68. The molecule has 1 N–H and O–H groups in total. The maximum Gasteiger partial charge on any atom is 0.126 e. The molecule has 2 nitrogen and oxygen atoms in total. The smallest absolute Gasteiger partial charge is 0.126 e. The zero-order chi connectivity index (χ0) is 14.1. The lowest BCUT2D eigenvalue weighted by molar-refractivity contribution is 0.141. The predicted molar refractivity (Wildman–Crippen MR) is 78.0 cm³/mol. The Balaban J connectivity index is 2.60. The standard InChI is InChI=1S/C16H26FNO/c1-4-19-11-7-8-14(12-18-13(2)3)15-9-5-6-10-16(15)17/h5-6,9-10,13-14,18H,4,7-8,11-12H2,1-3H3. The lowest BCUT2D eigenvalue weighted by atomic mass is 9.93. The maximum absolute atomic E-state index is 13.9. The Morgan fingerprint density at radius 2 is 2.00 bits per heavy atom. The SMILES string of the molecule is CCOCCCC(CNC(C)C)c1ccccc1F. The second-order valence-electron chi connectivity index (χ2n) is 5.12. The molecule has 0 aliphatic carbocycles. The third-order valence-corrected chi connectivity index (χ3v) is 3.16. The van der Waals surface area contributed by atoms with Crippen LogP contribution in [-0.2, 0) is 4.74 Å². The van der Waals surface area contributed by atoms with E-state index in [1.165, 1.54) is 0 Å². The van der Waals surface area contributed by atoms with Crippen molar-refractivity contribution in [1.82, 2.24) is 5.32 Å². The van der Waals surface area contributed by atoms with Crippen LogP contribution in [0.3, 0.4) is 0 Å². The van der Waals surface area contributed by atoms with Gasteiger partial charge in [-0.15, -0.1) is 0 Å². The maximum atomic E-state index is 13.9. The first-order chi connectivity index (χ1) is 9.15. The molecule has 0 radical (unpaired) electrons. The van der Waals surface area contributed by atoms with Crippen molar-refractivity contribution < 1.29 is 9.13 Å². The van der Waals surface area contributed by atoms with Crippen LogP contribution in [0.1, 0.15) is 45.1 Å². The fraction of sp³-hybridized carbons (Fsp3) is 0.625. The number of ether oxygens (including phenoxy) is 1. The van der Waals surface area contributed by atoms with Gasteiger partial charge in [-0.3, -0.25) is 0 Å². The Labute approximate surface area is 116 Å². The van der Waals surface area contributed by atoms with Crippen molar-refractivity contribution in [3.63, 3.8) is 0 Å². The quantitative estimate of drug-likeness (QED) is 0.688. The summed E-state index contributed by atoms with van der Waals surface area (Å²) in [6.45, 7) is 8.52. The highest BCUT2D eigenvalue weighted by atomic mass is 19.1. The molecule has 0 amide bonds. The summed E-state index contributed by atoms with van der Waals surface area (Å²) >= 11 is 0. The van der Waals surface area contributed by atoms with Gasteiger partial charge in [0, 0.05) is 25.8 Å². The van der Waals surface area contributed by atoms with E-state index in [4.69, 9.17) is 4.74 Å². The molecule has 19 heavy (non-hydrogen) atoms. The number of halogens is 1. The van der Waals surface area contributed by atoms with Crippen LogP contribution >= 0.6 is 0 Å². The van der Waals surface area contributed by atoms with Gasteiger partial charge < -0.3 is 10.1 Å². The first kappa shape index (κ1) is 16.1. The third kappa shape index (κ3) is 6.17. The fourth-order valence-corrected chi connectivity index (χ4v) is 2.13. The molecule has 0 aromatic heterocycles. The summed E-state index contributed by atoms with van der Waals surface area (Å²) in [4.78, 5) is 0. The van der Waals surface area contributed by atoms with Gasteiger partial charge in [0.2, 0.25) is 0 Å². The number of hydrogen-bond donors (Lipinski definition) is 1. The van der Waals surface area contributed by atoms with Crippen LogP contribution in [0.25, 0.3) is 0 Å². The second kappa shape index (κ2) is 9.05. The zero-order valence-corrected chi connectivity index (χ0v) is 12.3. The van der Waals surface area contributed by atoms with Gasteiger partial charge >= 0.3 is 0 Å². The first-order valence-corrected chi connectivity index (χ1v) is 7.20. The fourth-order valence-electron chi connectivity index (χ4n) is 2.13. The van der Waals surface area contributed by atoms with Crippen LogP contribution in [0, 0.1) is 5.82 Å². The molecule has 0 saturated heterocycles. The number of nitrogens with one attached hydrogen (secondary N) is 1. The van der Waals surface area contributed by atoms with E-state index in [2.05, 4.69) is 19.2 Å². The topological polar surface area (TPSA) is 21.3 Å². The molecular weight excluding hydrogens is 241 g/mol. The van der Waals surface area contributed by atoms with Gasteiger partial charge in [-0.25, -0.2) is 4.39 Å². The summed E-state index contributed by atoms with van der Waals surface area (Å²) in [5.74, 6) is 0.110. The van der Waals surface area contributed by atoms with Gasteiger partial charge in [-0.2, -0.15) is 0 Å². The van der Waals surface area contributed by atoms with E-state index in [1.54, 1.807) is 12.1 Å². The second-order valence-corrected chi connectivity index (χ2v) is 5.12. The van der Waals surface area contributed by atoms with Crippen LogP contribution in [0.5, 0.6) is 0 Å². The molecule has 0 bridgehead atoms. The van der Waals surface area contributed by atoms with Crippen molar-refractivity contribution in [1.29, 1.82) is 0 Å². The highest BCUT2D eigenvalue weighted by Gasteiger charge is 2.15. The average Bonchev–Trinajstić information content (AvgIpc) is 2.39. The van der Waals surface area contributed by atoms with Crippen LogP contribution < -0.4 is 5.32 Å². The minimum atomic E-state index is -0.102. The monoisotopic (exact) mass is 267 g/mol. The Bertz CT molecular complexity index is 354. The molecule has 108 valence electrons. The van der Waals surface area contributed by atoms with Crippen LogP contribution in [0.2, 0.25) is 0 Å². The van der Waals surface area contributed by atoms with Gasteiger partial charge in [0.05, 0.1) is 0 Å². The summed E-state index contributed by atoms with van der Waals surface area (Å²) in [7, 11) is 0. The molecule has 1 aromatic rings. The van der Waals surface area contributed by atoms with E-state index >= 15 is 0 Å². The summed E-state index contributed by atoms with van der Waals surface area (Å²) in [5, 5.41) is 3.40. The minimum absolute atomic E-state index is 0.102. The van der Waals surface area contributed by atoms with Gasteiger partial charge in [0.15, 0.2) is 0 Å². The van der Waals surface area contributed by atoms with E-state index in [9.17, 15) is 4.39 Å². The Morgan fingerprint density at radius 3 is 2.63 bits per heavy atom. The van der Waals surface area contributed by atoms with Gasteiger partial charge in [0.1, 0.15) is 5.82 Å². The molecule has 1 rings (SSSR count). The van der Waals surface area contributed by atoms with Crippen molar-refractivity contribution >= 4 is 0 Å². The molecule has 1 aromatic carbocycles. The van der Waals surface area contributed by atoms with Crippen molar-refractivity contribution in [2.24, 2.45) is 0 Å². The Morgan fingerprint density at radius 1 is 1.26 bits per heavy atom. The summed E-state index contributed by atoms with van der Waals surface area (Å²) in [6.07, 6.45) is 1.91. The molecule has 0 aliphatic rings. The van der Waals surface area contributed by atoms with Crippen LogP contribution in [-0.4, -0.2) is 25.8 Å². The lowest BCUT2D eigenvalue weighted by Gasteiger charge is -2.20. The molecule has 1 atom stereocenters. The van der Waals surface area contributed by atoms with Gasteiger partial charge in [0.25, 0.3) is 0 Å². The van der Waals surface area contributed by atoms with E-state index in [-0.39, 0.29) is 11.7 Å². The highest BCUT2D eigenvalue weighted by Crippen LogP contribution is 2.23. The molecule has 0 aliphatic heterocycles. The molecule has 0 fully saturated rings. The molecule has 0 spiro atoms. The van der Waals surface area contributed by atoms with E-state index < -0.39 is 0 Å². The molecule has 0 heterocycles. The third-order valence-electron chi connectivity index (χ3n) is 3.16. The summed E-state index contributed by atoms with van der Waals surface area (Å²) in [6, 6.07) is 7.50. The van der Waals surface area contributed by atoms with Crippen LogP contribution in [0.4, 0.5) is 4.39 Å². The summed E-state index contributed by atoms with van der Waals surface area (Å²) < 4.78 is 19.2. The highest BCUT2D eigenvalue weighted by molar-refractivity contribution is 5.22. The Hall–Kier alpha value is -0.930. The molecular formula is C16H26FNO. The van der Waals surface area contributed by atoms with E-state index in [0.717, 1.165) is 38.2 Å². The van der Waals surface area contributed by atoms with Crippen molar-refractivity contribution in [3.8, 4) is 0 Å². The largest absolute Gasteiger partial charge is 0.382 e. The van der Waals surface area contributed by atoms with Crippen LogP contribution in [0.15, 0.2) is 24.3 Å². The number of rotatable bonds is 9. The molecule has 3 heteroatoms. The zero-order valence-electron chi connectivity index (χ0n) is 12.3. The van der Waals surface area contributed by atoms with E-state index in [0.29, 0.717) is 6.04 Å². The normalized spacial score (nSPS) is 12.9.